The van der Waals surface area contributed by atoms with Crippen molar-refractivity contribution in [2.45, 2.75) is 0 Å². The molecule has 0 aliphatic heterocycles. The van der Waals surface area contributed by atoms with Crippen molar-refractivity contribution in [2.75, 3.05) is 4.90 Å². The average molecular weight is 637 g/mol. The molecule has 10 aromatic rings. The van der Waals surface area contributed by atoms with E-state index in [0.717, 1.165) is 17.1 Å². The van der Waals surface area contributed by atoms with Crippen molar-refractivity contribution in [1.29, 1.82) is 0 Å². The normalized spacial score (nSPS) is 11.6. The molecule has 234 valence electrons. The molecule has 0 fully saturated rings. The van der Waals surface area contributed by atoms with Crippen molar-refractivity contribution < 1.29 is 0 Å². The first-order valence-corrected chi connectivity index (χ1v) is 17.2. The Morgan fingerprint density at radius 3 is 1.14 bits per heavy atom. The van der Waals surface area contributed by atoms with Crippen LogP contribution < -0.4 is 4.90 Å². The Labute approximate surface area is 291 Å². The fourth-order valence-corrected chi connectivity index (χ4v) is 7.73. The van der Waals surface area contributed by atoms with Gasteiger partial charge >= 0.3 is 0 Å². The molecule has 2 heterocycles. The van der Waals surface area contributed by atoms with Gasteiger partial charge in [0.25, 0.3) is 0 Å². The first-order chi connectivity index (χ1) is 24.8. The summed E-state index contributed by atoms with van der Waals surface area (Å²) in [5.74, 6) is 0. The summed E-state index contributed by atoms with van der Waals surface area (Å²) in [5, 5.41) is 5.19. The van der Waals surface area contributed by atoms with E-state index in [0.29, 0.717) is 0 Å². The molecule has 0 aliphatic rings. The van der Waals surface area contributed by atoms with Gasteiger partial charge in [0, 0.05) is 38.6 Å². The van der Waals surface area contributed by atoms with Crippen LogP contribution in [0.2, 0.25) is 0 Å². The summed E-state index contributed by atoms with van der Waals surface area (Å²) in [6.45, 7) is 0. The Kier molecular flexibility index (Phi) is 6.53. The minimum atomic E-state index is 1.12. The van der Waals surface area contributed by atoms with Crippen LogP contribution in [0.1, 0.15) is 0 Å². The van der Waals surface area contributed by atoms with Gasteiger partial charge in [-0.05, 0) is 94.0 Å². The minimum Gasteiger partial charge on any atom is -0.311 e. The molecule has 0 unspecified atom stereocenters. The molecule has 0 saturated carbocycles. The number of anilines is 3. The van der Waals surface area contributed by atoms with Crippen molar-refractivity contribution in [3.05, 3.63) is 194 Å². The standard InChI is InChI=1S/C48H32N2/c1-3-11-33(12-4-1)34-19-21-35(22-20-34)36-23-27-40(28-24-36)49(39-13-5-2-6-14-39)41-29-25-37(26-30-41)38-31-44-42-15-7-9-17-46(42)50-47-18-10-8-16-43(47)45(32-38)48(44)50/h1-32H. The highest BCUT2D eigenvalue weighted by atomic mass is 15.1. The maximum absolute atomic E-state index is 2.44. The van der Waals surface area contributed by atoms with E-state index in [1.807, 2.05) is 0 Å². The number of aromatic nitrogens is 1. The van der Waals surface area contributed by atoms with Crippen LogP contribution in [0.3, 0.4) is 0 Å². The smallest absolute Gasteiger partial charge is 0.0620 e. The zero-order valence-corrected chi connectivity index (χ0v) is 27.4. The Morgan fingerprint density at radius 1 is 0.280 bits per heavy atom. The van der Waals surface area contributed by atoms with Gasteiger partial charge in [-0.25, -0.2) is 0 Å². The number of hydrogen-bond donors (Lipinski definition) is 0. The lowest BCUT2D eigenvalue weighted by atomic mass is 9.98. The number of nitrogens with zero attached hydrogens (tertiary/aromatic N) is 2. The van der Waals surface area contributed by atoms with Gasteiger partial charge in [0.05, 0.1) is 16.6 Å². The summed E-state index contributed by atoms with van der Waals surface area (Å²) >= 11 is 0. The predicted molar refractivity (Wildman–Crippen MR) is 212 cm³/mol. The third-order valence-corrected chi connectivity index (χ3v) is 10.1. The number of para-hydroxylation sites is 3. The largest absolute Gasteiger partial charge is 0.311 e. The Balaban J connectivity index is 1.02. The van der Waals surface area contributed by atoms with Crippen molar-refractivity contribution in [3.8, 4) is 33.4 Å². The molecule has 0 bridgehead atoms. The summed E-state index contributed by atoms with van der Waals surface area (Å²) in [5.41, 5.74) is 14.5. The Hall–Kier alpha value is -6.64. The molecular formula is C48H32N2. The molecule has 0 saturated heterocycles. The van der Waals surface area contributed by atoms with Gasteiger partial charge in [-0.15, -0.1) is 0 Å². The molecule has 2 nitrogen and oxygen atoms in total. The first kappa shape index (κ1) is 28.4. The molecule has 0 radical (unpaired) electrons. The van der Waals surface area contributed by atoms with Crippen molar-refractivity contribution in [3.63, 3.8) is 0 Å². The van der Waals surface area contributed by atoms with Crippen LogP contribution in [0.4, 0.5) is 17.1 Å². The van der Waals surface area contributed by atoms with Gasteiger partial charge in [0.1, 0.15) is 0 Å². The molecule has 0 N–H and O–H groups in total. The lowest BCUT2D eigenvalue weighted by molar-refractivity contribution is 1.28. The third-order valence-electron chi connectivity index (χ3n) is 10.1. The summed E-state index contributed by atoms with van der Waals surface area (Å²) < 4.78 is 2.44. The van der Waals surface area contributed by atoms with Gasteiger partial charge in [0.2, 0.25) is 0 Å². The van der Waals surface area contributed by atoms with Crippen molar-refractivity contribution in [1.82, 2.24) is 4.40 Å². The van der Waals surface area contributed by atoms with Crippen molar-refractivity contribution >= 4 is 55.2 Å². The highest BCUT2D eigenvalue weighted by Gasteiger charge is 2.19. The van der Waals surface area contributed by atoms with E-state index in [4.69, 9.17) is 0 Å². The molecule has 0 atom stereocenters. The molecule has 2 aromatic heterocycles. The van der Waals surface area contributed by atoms with Crippen LogP contribution in [0, 0.1) is 0 Å². The Morgan fingerprint density at radius 2 is 0.640 bits per heavy atom. The average Bonchev–Trinajstić information content (AvgIpc) is 3.71. The van der Waals surface area contributed by atoms with Crippen molar-refractivity contribution in [2.24, 2.45) is 0 Å². The second-order valence-corrected chi connectivity index (χ2v) is 13.0. The highest BCUT2D eigenvalue weighted by molar-refractivity contribution is 6.24. The van der Waals surface area contributed by atoms with E-state index >= 15 is 0 Å². The number of hydrogen-bond acceptors (Lipinski definition) is 1. The van der Waals surface area contributed by atoms with Gasteiger partial charge in [-0.1, -0.05) is 133 Å². The van der Waals surface area contributed by atoms with Crippen LogP contribution in [0.15, 0.2) is 194 Å². The van der Waals surface area contributed by atoms with Crippen LogP contribution in [-0.4, -0.2) is 4.40 Å². The van der Waals surface area contributed by atoms with Crippen LogP contribution in [0.5, 0.6) is 0 Å². The van der Waals surface area contributed by atoms with E-state index in [9.17, 15) is 0 Å². The molecule has 0 aliphatic carbocycles. The maximum atomic E-state index is 2.44. The summed E-state index contributed by atoms with van der Waals surface area (Å²) in [6.07, 6.45) is 0. The summed E-state index contributed by atoms with van der Waals surface area (Å²) in [7, 11) is 0. The minimum absolute atomic E-state index is 1.12. The first-order valence-electron chi connectivity index (χ1n) is 17.2. The lowest BCUT2D eigenvalue weighted by Crippen LogP contribution is -2.09. The van der Waals surface area contributed by atoms with E-state index in [1.54, 1.807) is 0 Å². The molecule has 10 rings (SSSR count). The van der Waals surface area contributed by atoms with E-state index in [-0.39, 0.29) is 0 Å². The molecule has 2 heteroatoms. The predicted octanol–water partition coefficient (Wildman–Crippen LogP) is 13.3. The second-order valence-electron chi connectivity index (χ2n) is 13.0. The second kappa shape index (κ2) is 11.5. The SMILES string of the molecule is c1ccc(-c2ccc(-c3ccc(N(c4ccccc4)c4ccc(-c5cc6c7ccccc7n7c8ccccc8c(c5)c67)cc4)cc3)cc2)cc1. The number of fused-ring (bicyclic) bond motifs is 6. The Bertz CT molecular complexity index is 2680. The van der Waals surface area contributed by atoms with E-state index in [1.165, 1.54) is 71.5 Å². The molecule has 50 heavy (non-hydrogen) atoms. The molecular weight excluding hydrogens is 605 g/mol. The lowest BCUT2D eigenvalue weighted by Gasteiger charge is -2.26. The quantitative estimate of drug-likeness (QED) is 0.176. The van der Waals surface area contributed by atoms with Gasteiger partial charge in [-0.2, -0.15) is 0 Å². The maximum Gasteiger partial charge on any atom is 0.0620 e. The monoisotopic (exact) mass is 636 g/mol. The van der Waals surface area contributed by atoms with E-state index in [2.05, 4.69) is 203 Å². The van der Waals surface area contributed by atoms with Gasteiger partial charge < -0.3 is 9.30 Å². The molecule has 0 spiro atoms. The summed E-state index contributed by atoms with van der Waals surface area (Å²) in [6, 6.07) is 70.2. The van der Waals surface area contributed by atoms with Gasteiger partial charge in [0.15, 0.2) is 0 Å². The molecule has 0 amide bonds. The zero-order valence-electron chi connectivity index (χ0n) is 27.4. The molecule has 8 aromatic carbocycles. The third kappa shape index (κ3) is 4.57. The number of rotatable bonds is 6. The van der Waals surface area contributed by atoms with Crippen LogP contribution in [-0.2, 0) is 0 Å². The number of benzene rings is 8. The van der Waals surface area contributed by atoms with Crippen LogP contribution in [0.25, 0.3) is 71.5 Å². The van der Waals surface area contributed by atoms with E-state index < -0.39 is 0 Å². The topological polar surface area (TPSA) is 7.65 Å². The summed E-state index contributed by atoms with van der Waals surface area (Å²) in [4.78, 5) is 2.33. The zero-order chi connectivity index (χ0) is 33.0. The highest BCUT2D eigenvalue weighted by Crippen LogP contribution is 2.42. The van der Waals surface area contributed by atoms with Crippen LogP contribution >= 0.6 is 0 Å². The van der Waals surface area contributed by atoms with Gasteiger partial charge in [-0.3, -0.25) is 0 Å². The fourth-order valence-electron chi connectivity index (χ4n) is 7.73. The fraction of sp³-hybridized carbons (Fsp3) is 0.